The fourth-order valence-electron chi connectivity index (χ4n) is 4.52. The van der Waals surface area contributed by atoms with Gasteiger partial charge in [-0.3, -0.25) is 4.79 Å². The van der Waals surface area contributed by atoms with Crippen molar-refractivity contribution in [2.45, 2.75) is 23.8 Å². The lowest BCUT2D eigenvalue weighted by Gasteiger charge is -2.36. The average molecular weight is 457 g/mol. The number of carbonyl (C=O) groups excluding carboxylic acids is 1. The number of hydrogen-bond acceptors (Lipinski definition) is 5. The molecule has 1 amide bonds. The minimum atomic E-state index is -3.65. The summed E-state index contributed by atoms with van der Waals surface area (Å²) >= 11 is 0. The van der Waals surface area contributed by atoms with Crippen molar-refractivity contribution < 1.29 is 13.2 Å². The summed E-state index contributed by atoms with van der Waals surface area (Å²) in [5, 5.41) is 0. The van der Waals surface area contributed by atoms with Crippen LogP contribution in [0.5, 0.6) is 0 Å². The maximum absolute atomic E-state index is 13.3. The Morgan fingerprint density at radius 3 is 2.22 bits per heavy atom. The zero-order valence-electron chi connectivity index (χ0n) is 18.9. The first-order chi connectivity index (χ1) is 15.4. The van der Waals surface area contributed by atoms with Gasteiger partial charge in [-0.2, -0.15) is 4.31 Å². The van der Waals surface area contributed by atoms with Crippen LogP contribution in [-0.4, -0.2) is 87.8 Å². The molecule has 2 heterocycles. The smallest absolute Gasteiger partial charge is 0.253 e. The van der Waals surface area contributed by atoms with E-state index in [4.69, 9.17) is 0 Å². The third kappa shape index (κ3) is 4.82. The SMILES string of the molecule is CN1CCC(N(C)C(=O)c2cccc(S(=O)(=O)N3CCN(c4ccccc4)CC3)c2)CC1. The Hall–Kier alpha value is -2.42. The number of nitrogens with zero attached hydrogens (tertiary/aromatic N) is 4. The Bertz CT molecular complexity index is 1030. The number of piperazine rings is 1. The van der Waals surface area contributed by atoms with Crippen LogP contribution >= 0.6 is 0 Å². The monoisotopic (exact) mass is 456 g/mol. The van der Waals surface area contributed by atoms with Gasteiger partial charge in [-0.25, -0.2) is 8.42 Å². The Balaban J connectivity index is 1.44. The summed E-state index contributed by atoms with van der Waals surface area (Å²) in [7, 11) is 0.259. The van der Waals surface area contributed by atoms with Gasteiger partial charge in [-0.05, 0) is 63.3 Å². The van der Waals surface area contributed by atoms with E-state index in [2.05, 4.69) is 16.8 Å². The molecular formula is C24H32N4O3S. The number of rotatable bonds is 5. The summed E-state index contributed by atoms with van der Waals surface area (Å²) < 4.78 is 28.1. The van der Waals surface area contributed by atoms with Gasteiger partial charge in [0.15, 0.2) is 0 Å². The van der Waals surface area contributed by atoms with Crippen molar-refractivity contribution in [3.8, 4) is 0 Å². The lowest BCUT2D eigenvalue weighted by atomic mass is 10.0. The van der Waals surface area contributed by atoms with Crippen LogP contribution < -0.4 is 4.90 Å². The molecule has 7 nitrogen and oxygen atoms in total. The first-order valence-electron chi connectivity index (χ1n) is 11.2. The number of hydrogen-bond donors (Lipinski definition) is 0. The van der Waals surface area contributed by atoms with Crippen molar-refractivity contribution in [3.05, 3.63) is 60.2 Å². The molecule has 2 saturated heterocycles. The van der Waals surface area contributed by atoms with E-state index in [0.29, 0.717) is 31.7 Å². The van der Waals surface area contributed by atoms with Gasteiger partial charge in [0.2, 0.25) is 10.0 Å². The van der Waals surface area contributed by atoms with Crippen LogP contribution in [0.2, 0.25) is 0 Å². The molecule has 172 valence electrons. The second-order valence-corrected chi connectivity index (χ2v) is 10.6. The van der Waals surface area contributed by atoms with E-state index in [-0.39, 0.29) is 16.8 Å². The lowest BCUT2D eigenvalue weighted by molar-refractivity contribution is 0.0659. The molecule has 2 aromatic carbocycles. The number of anilines is 1. The normalized spacial score (nSPS) is 19.1. The van der Waals surface area contributed by atoms with Crippen LogP contribution in [0.25, 0.3) is 0 Å². The molecule has 2 fully saturated rings. The molecular weight excluding hydrogens is 424 g/mol. The van der Waals surface area contributed by atoms with Gasteiger partial charge in [0.05, 0.1) is 4.90 Å². The molecule has 0 atom stereocenters. The molecule has 0 aliphatic carbocycles. The number of para-hydroxylation sites is 1. The van der Waals surface area contributed by atoms with E-state index in [9.17, 15) is 13.2 Å². The Kier molecular flexibility index (Phi) is 6.83. The third-order valence-electron chi connectivity index (χ3n) is 6.63. The summed E-state index contributed by atoms with van der Waals surface area (Å²) in [6.45, 7) is 4.05. The van der Waals surface area contributed by atoms with Crippen LogP contribution in [0.4, 0.5) is 5.69 Å². The van der Waals surface area contributed by atoms with Crippen molar-refractivity contribution in [2.24, 2.45) is 0 Å². The van der Waals surface area contributed by atoms with E-state index >= 15 is 0 Å². The van der Waals surface area contributed by atoms with Crippen molar-refractivity contribution in [3.63, 3.8) is 0 Å². The summed E-state index contributed by atoms with van der Waals surface area (Å²) in [6.07, 6.45) is 1.87. The summed E-state index contributed by atoms with van der Waals surface area (Å²) in [5.74, 6) is -0.120. The molecule has 2 aliphatic heterocycles. The van der Waals surface area contributed by atoms with Crippen LogP contribution in [0, 0.1) is 0 Å². The molecule has 4 rings (SSSR count). The van der Waals surface area contributed by atoms with Crippen molar-refractivity contribution in [2.75, 3.05) is 58.3 Å². The second kappa shape index (κ2) is 9.60. The Morgan fingerprint density at radius 1 is 0.906 bits per heavy atom. The predicted octanol–water partition coefficient (Wildman–Crippen LogP) is 2.36. The number of likely N-dealkylation sites (tertiary alicyclic amines) is 1. The van der Waals surface area contributed by atoms with Gasteiger partial charge < -0.3 is 14.7 Å². The van der Waals surface area contributed by atoms with Crippen molar-refractivity contribution in [1.29, 1.82) is 0 Å². The maximum Gasteiger partial charge on any atom is 0.253 e. The number of carbonyl (C=O) groups is 1. The fraction of sp³-hybridized carbons (Fsp3) is 0.458. The van der Waals surface area contributed by atoms with Gasteiger partial charge in [0, 0.05) is 50.5 Å². The maximum atomic E-state index is 13.3. The first-order valence-corrected chi connectivity index (χ1v) is 12.7. The molecule has 0 saturated carbocycles. The standard InChI is InChI=1S/C24H32N4O3S/c1-25-13-11-21(12-14-25)26(2)24(29)20-7-6-10-23(19-20)32(30,31)28-17-15-27(16-18-28)22-8-4-3-5-9-22/h3-10,19,21H,11-18H2,1-2H3. The van der Waals surface area contributed by atoms with Gasteiger partial charge in [-0.15, -0.1) is 0 Å². The predicted molar refractivity (Wildman–Crippen MR) is 126 cm³/mol. The average Bonchev–Trinajstić information content (AvgIpc) is 2.84. The minimum Gasteiger partial charge on any atom is -0.369 e. The van der Waals surface area contributed by atoms with E-state index in [0.717, 1.165) is 31.6 Å². The molecule has 2 aliphatic rings. The van der Waals surface area contributed by atoms with Crippen molar-refractivity contribution in [1.82, 2.24) is 14.1 Å². The molecule has 8 heteroatoms. The van der Waals surface area contributed by atoms with Crippen LogP contribution in [0.15, 0.2) is 59.5 Å². The fourth-order valence-corrected chi connectivity index (χ4v) is 5.98. The Morgan fingerprint density at radius 2 is 1.56 bits per heavy atom. The zero-order chi connectivity index (χ0) is 22.7. The highest BCUT2D eigenvalue weighted by molar-refractivity contribution is 7.89. The molecule has 32 heavy (non-hydrogen) atoms. The van der Waals surface area contributed by atoms with Crippen LogP contribution in [0.3, 0.4) is 0 Å². The summed E-state index contributed by atoms with van der Waals surface area (Å²) in [6, 6.07) is 16.7. The van der Waals surface area contributed by atoms with Crippen LogP contribution in [0.1, 0.15) is 23.2 Å². The largest absolute Gasteiger partial charge is 0.369 e. The lowest BCUT2D eigenvalue weighted by Crippen LogP contribution is -2.48. The van der Waals surface area contributed by atoms with Gasteiger partial charge >= 0.3 is 0 Å². The molecule has 0 spiro atoms. The number of sulfonamides is 1. The van der Waals surface area contributed by atoms with E-state index in [1.54, 1.807) is 23.1 Å². The topological polar surface area (TPSA) is 64.2 Å². The number of benzene rings is 2. The minimum absolute atomic E-state index is 0.120. The van der Waals surface area contributed by atoms with Gasteiger partial charge in [0.1, 0.15) is 0 Å². The molecule has 2 aromatic rings. The molecule has 0 bridgehead atoms. The van der Waals surface area contributed by atoms with Crippen molar-refractivity contribution >= 4 is 21.6 Å². The molecule has 0 unspecified atom stereocenters. The highest BCUT2D eigenvalue weighted by Crippen LogP contribution is 2.23. The van der Waals surface area contributed by atoms with Gasteiger partial charge in [-0.1, -0.05) is 24.3 Å². The first kappa shape index (κ1) is 22.8. The quantitative estimate of drug-likeness (QED) is 0.691. The van der Waals surface area contributed by atoms with Crippen LogP contribution in [-0.2, 0) is 10.0 Å². The number of amides is 1. The summed E-state index contributed by atoms with van der Waals surface area (Å²) in [5.41, 5.74) is 1.53. The second-order valence-electron chi connectivity index (χ2n) is 8.71. The highest BCUT2D eigenvalue weighted by atomic mass is 32.2. The zero-order valence-corrected chi connectivity index (χ0v) is 19.7. The third-order valence-corrected chi connectivity index (χ3v) is 8.53. The molecule has 0 radical (unpaired) electrons. The van der Waals surface area contributed by atoms with Gasteiger partial charge in [0.25, 0.3) is 5.91 Å². The Labute approximate surface area is 191 Å². The van der Waals surface area contributed by atoms with E-state index in [1.165, 1.54) is 10.4 Å². The highest BCUT2D eigenvalue weighted by Gasteiger charge is 2.30. The van der Waals surface area contributed by atoms with E-state index < -0.39 is 10.0 Å². The molecule has 0 N–H and O–H groups in total. The summed E-state index contributed by atoms with van der Waals surface area (Å²) in [4.78, 5) is 19.5. The molecule has 0 aromatic heterocycles. The van der Waals surface area contributed by atoms with E-state index in [1.807, 2.05) is 37.4 Å². The number of piperidine rings is 1.